The Morgan fingerprint density at radius 3 is 2.95 bits per heavy atom. The summed E-state index contributed by atoms with van der Waals surface area (Å²) in [4.78, 5) is 13.7. The largest absolute Gasteiger partial charge is 0.445 e. The molecule has 2 rings (SSSR count). The van der Waals surface area contributed by atoms with Crippen LogP contribution in [0.4, 0.5) is 4.79 Å². The zero-order valence-electron chi connectivity index (χ0n) is 11.1. The zero-order chi connectivity index (χ0) is 13.5. The van der Waals surface area contributed by atoms with E-state index in [9.17, 15) is 4.79 Å². The predicted molar refractivity (Wildman–Crippen MR) is 69.8 cm³/mol. The molecule has 19 heavy (non-hydrogen) atoms. The molecule has 1 fully saturated rings. The third kappa shape index (κ3) is 3.94. The van der Waals surface area contributed by atoms with Crippen molar-refractivity contribution < 1.29 is 19.0 Å². The van der Waals surface area contributed by atoms with Crippen molar-refractivity contribution in [3.8, 4) is 0 Å². The van der Waals surface area contributed by atoms with E-state index in [1.165, 1.54) is 0 Å². The maximum absolute atomic E-state index is 12.0. The molecule has 0 aromatic heterocycles. The van der Waals surface area contributed by atoms with Crippen LogP contribution in [0.1, 0.15) is 5.56 Å². The van der Waals surface area contributed by atoms with E-state index in [0.29, 0.717) is 26.4 Å². The summed E-state index contributed by atoms with van der Waals surface area (Å²) in [6.07, 6.45) is -0.311. The molecule has 1 heterocycles. The van der Waals surface area contributed by atoms with Crippen LogP contribution in [0.25, 0.3) is 0 Å². The van der Waals surface area contributed by atoms with Gasteiger partial charge in [-0.1, -0.05) is 30.3 Å². The Morgan fingerprint density at radius 1 is 1.42 bits per heavy atom. The fourth-order valence-corrected chi connectivity index (χ4v) is 2.03. The van der Waals surface area contributed by atoms with Gasteiger partial charge in [0, 0.05) is 13.7 Å². The summed E-state index contributed by atoms with van der Waals surface area (Å²) in [5, 5.41) is 0. The molecular weight excluding hydrogens is 246 g/mol. The van der Waals surface area contributed by atoms with Crippen molar-refractivity contribution in [3.05, 3.63) is 35.9 Å². The number of rotatable bonds is 4. The summed E-state index contributed by atoms with van der Waals surface area (Å²) >= 11 is 0. The number of nitrogens with zero attached hydrogens (tertiary/aromatic N) is 1. The Kier molecular flexibility index (Phi) is 5.18. The third-order valence-electron chi connectivity index (χ3n) is 3.03. The van der Waals surface area contributed by atoms with Crippen LogP contribution in [0.15, 0.2) is 30.3 Å². The summed E-state index contributed by atoms with van der Waals surface area (Å²) < 4.78 is 15.8. The van der Waals surface area contributed by atoms with Crippen LogP contribution in [-0.4, -0.2) is 50.5 Å². The Morgan fingerprint density at radius 2 is 2.21 bits per heavy atom. The topological polar surface area (TPSA) is 48.0 Å². The number of ether oxygens (including phenoxy) is 3. The Labute approximate surface area is 113 Å². The molecule has 104 valence electrons. The van der Waals surface area contributed by atoms with Gasteiger partial charge in [-0.05, 0) is 5.56 Å². The van der Waals surface area contributed by atoms with Crippen molar-refractivity contribution in [2.75, 3.05) is 33.5 Å². The highest BCUT2D eigenvalue weighted by Gasteiger charge is 2.28. The van der Waals surface area contributed by atoms with Crippen molar-refractivity contribution in [3.63, 3.8) is 0 Å². The fraction of sp³-hybridized carbons (Fsp3) is 0.500. The van der Waals surface area contributed by atoms with E-state index in [2.05, 4.69) is 0 Å². The van der Waals surface area contributed by atoms with Gasteiger partial charge in [0.25, 0.3) is 0 Å². The second kappa shape index (κ2) is 7.11. The summed E-state index contributed by atoms with van der Waals surface area (Å²) in [7, 11) is 1.61. The van der Waals surface area contributed by atoms with E-state index in [1.54, 1.807) is 12.0 Å². The molecule has 5 heteroatoms. The van der Waals surface area contributed by atoms with Gasteiger partial charge in [-0.15, -0.1) is 0 Å². The summed E-state index contributed by atoms with van der Waals surface area (Å²) in [6, 6.07) is 9.57. The van der Waals surface area contributed by atoms with Gasteiger partial charge in [-0.25, -0.2) is 4.79 Å². The van der Waals surface area contributed by atoms with Gasteiger partial charge in [0.1, 0.15) is 6.61 Å². The molecule has 0 radical (unpaired) electrons. The van der Waals surface area contributed by atoms with Gasteiger partial charge >= 0.3 is 6.09 Å². The van der Waals surface area contributed by atoms with Crippen molar-refractivity contribution in [1.82, 2.24) is 4.90 Å². The van der Waals surface area contributed by atoms with Gasteiger partial charge in [0.05, 0.1) is 25.9 Å². The minimum Gasteiger partial charge on any atom is -0.445 e. The molecule has 0 unspecified atom stereocenters. The normalized spacial score (nSPS) is 19.2. The molecule has 1 aromatic rings. The lowest BCUT2D eigenvalue weighted by Crippen LogP contribution is -2.50. The highest BCUT2D eigenvalue weighted by molar-refractivity contribution is 5.68. The van der Waals surface area contributed by atoms with Gasteiger partial charge in [-0.3, -0.25) is 4.90 Å². The SMILES string of the molecule is COC[C@@H]1COCCN1C(=O)OCc1ccccc1. The number of morpholine rings is 1. The van der Waals surface area contributed by atoms with E-state index >= 15 is 0 Å². The smallest absolute Gasteiger partial charge is 0.410 e. The molecule has 5 nitrogen and oxygen atoms in total. The van der Waals surface area contributed by atoms with Gasteiger partial charge < -0.3 is 14.2 Å². The zero-order valence-corrected chi connectivity index (χ0v) is 11.1. The highest BCUT2D eigenvalue weighted by atomic mass is 16.6. The second-order valence-electron chi connectivity index (χ2n) is 4.42. The molecule has 1 aromatic carbocycles. The molecule has 1 amide bonds. The second-order valence-corrected chi connectivity index (χ2v) is 4.42. The van der Waals surface area contributed by atoms with E-state index in [0.717, 1.165) is 5.56 Å². The number of carbonyl (C=O) groups excluding carboxylic acids is 1. The molecule has 0 spiro atoms. The summed E-state index contributed by atoms with van der Waals surface area (Å²) in [5.41, 5.74) is 0.979. The Balaban J connectivity index is 1.87. The van der Waals surface area contributed by atoms with Gasteiger partial charge in [0.2, 0.25) is 0 Å². The van der Waals surface area contributed by atoms with Gasteiger partial charge in [0.15, 0.2) is 0 Å². The van der Waals surface area contributed by atoms with Crippen LogP contribution >= 0.6 is 0 Å². The van der Waals surface area contributed by atoms with Crippen LogP contribution in [0.3, 0.4) is 0 Å². The average molecular weight is 265 g/mol. The lowest BCUT2D eigenvalue weighted by atomic mass is 10.2. The minimum atomic E-state index is -0.311. The Bertz CT molecular complexity index is 394. The van der Waals surface area contributed by atoms with Crippen LogP contribution in [0.2, 0.25) is 0 Å². The van der Waals surface area contributed by atoms with Crippen molar-refractivity contribution in [2.45, 2.75) is 12.6 Å². The minimum absolute atomic E-state index is 0.0676. The van der Waals surface area contributed by atoms with Crippen LogP contribution in [-0.2, 0) is 20.8 Å². The van der Waals surface area contributed by atoms with Gasteiger partial charge in [-0.2, -0.15) is 0 Å². The van der Waals surface area contributed by atoms with Crippen LogP contribution in [0.5, 0.6) is 0 Å². The van der Waals surface area contributed by atoms with Crippen LogP contribution in [0, 0.1) is 0 Å². The molecule has 0 aliphatic carbocycles. The van der Waals surface area contributed by atoms with E-state index < -0.39 is 0 Å². The number of amides is 1. The first-order valence-corrected chi connectivity index (χ1v) is 6.35. The van der Waals surface area contributed by atoms with E-state index in [4.69, 9.17) is 14.2 Å². The van der Waals surface area contributed by atoms with E-state index in [1.807, 2.05) is 30.3 Å². The Hall–Kier alpha value is -1.59. The van der Waals surface area contributed by atoms with Crippen molar-refractivity contribution in [1.29, 1.82) is 0 Å². The number of benzene rings is 1. The number of methoxy groups -OCH3 is 1. The molecule has 1 aliphatic heterocycles. The number of hydrogen-bond donors (Lipinski definition) is 0. The lowest BCUT2D eigenvalue weighted by molar-refractivity contribution is -0.0337. The molecule has 0 N–H and O–H groups in total. The number of hydrogen-bond acceptors (Lipinski definition) is 4. The first-order valence-electron chi connectivity index (χ1n) is 6.35. The molecule has 0 bridgehead atoms. The first-order chi connectivity index (χ1) is 9.31. The van der Waals surface area contributed by atoms with Crippen LogP contribution < -0.4 is 0 Å². The monoisotopic (exact) mass is 265 g/mol. The maximum atomic E-state index is 12.0. The van der Waals surface area contributed by atoms with Crippen molar-refractivity contribution in [2.24, 2.45) is 0 Å². The lowest BCUT2D eigenvalue weighted by Gasteiger charge is -2.34. The molecular formula is C14H19NO4. The first kappa shape index (κ1) is 13.8. The maximum Gasteiger partial charge on any atom is 0.410 e. The molecule has 0 saturated carbocycles. The van der Waals surface area contributed by atoms with Crippen molar-refractivity contribution >= 4 is 6.09 Å². The molecule has 1 aliphatic rings. The number of carbonyl (C=O) groups is 1. The predicted octanol–water partition coefficient (Wildman–Crippen LogP) is 1.67. The summed E-state index contributed by atoms with van der Waals surface area (Å²) in [6.45, 7) is 2.33. The quantitative estimate of drug-likeness (QED) is 0.831. The highest BCUT2D eigenvalue weighted by Crippen LogP contribution is 2.11. The molecule has 1 atom stereocenters. The average Bonchev–Trinajstić information content (AvgIpc) is 2.47. The standard InChI is InChI=1S/C14H19NO4/c1-17-10-13-11-18-8-7-15(13)14(16)19-9-12-5-3-2-4-6-12/h2-6,13H,7-11H2,1H3/t13-/m1/s1. The van der Waals surface area contributed by atoms with E-state index in [-0.39, 0.29) is 18.7 Å². The fourth-order valence-electron chi connectivity index (χ4n) is 2.03. The third-order valence-corrected chi connectivity index (χ3v) is 3.03. The summed E-state index contributed by atoms with van der Waals surface area (Å²) in [5.74, 6) is 0. The molecule has 1 saturated heterocycles.